The quantitative estimate of drug-likeness (QED) is 0.642. The molecular weight excluding hydrogens is 322 g/mol. The second-order valence-electron chi connectivity index (χ2n) is 5.46. The largest absolute Gasteiger partial charge is 0.451 e. The highest BCUT2D eigenvalue weighted by Crippen LogP contribution is 2.19. The van der Waals surface area contributed by atoms with Gasteiger partial charge in [0.05, 0.1) is 11.3 Å². The van der Waals surface area contributed by atoms with Gasteiger partial charge in [-0.1, -0.05) is 12.1 Å². The van der Waals surface area contributed by atoms with Gasteiger partial charge in [0.25, 0.3) is 5.91 Å². The van der Waals surface area contributed by atoms with Gasteiger partial charge in [0, 0.05) is 11.3 Å². The summed E-state index contributed by atoms with van der Waals surface area (Å²) in [5.41, 5.74) is 2.31. The van der Waals surface area contributed by atoms with Crippen LogP contribution in [0.2, 0.25) is 0 Å². The highest BCUT2D eigenvalue weighted by molar-refractivity contribution is 6.02. The standard InChI is InChI=1S/C18H17N3O4/c1-10-16(12(3)22)11(2)20-17(10)18(24)25-9-15(23)21-14-7-5-4-6-13(14)8-19/h4-7,20H,9H2,1-3H3,(H,21,23). The first-order valence-corrected chi connectivity index (χ1v) is 7.51. The van der Waals surface area contributed by atoms with Crippen molar-refractivity contribution in [2.75, 3.05) is 11.9 Å². The van der Waals surface area contributed by atoms with Crippen molar-refractivity contribution >= 4 is 23.3 Å². The van der Waals surface area contributed by atoms with Crippen LogP contribution in [0.4, 0.5) is 5.69 Å². The molecule has 128 valence electrons. The number of aryl methyl sites for hydroxylation is 1. The van der Waals surface area contributed by atoms with E-state index >= 15 is 0 Å². The number of Topliss-reactive ketones (excluding diaryl/α,β-unsaturated/α-hetero) is 1. The van der Waals surface area contributed by atoms with E-state index in [1.165, 1.54) is 6.92 Å². The number of anilines is 1. The molecule has 0 spiro atoms. The first-order chi connectivity index (χ1) is 11.8. The molecule has 0 radical (unpaired) electrons. The third kappa shape index (κ3) is 3.93. The number of aromatic nitrogens is 1. The molecular formula is C18H17N3O4. The number of hydrogen-bond acceptors (Lipinski definition) is 5. The zero-order chi connectivity index (χ0) is 18.6. The van der Waals surface area contributed by atoms with Gasteiger partial charge in [-0.2, -0.15) is 5.26 Å². The van der Waals surface area contributed by atoms with Crippen molar-refractivity contribution in [3.05, 3.63) is 52.3 Å². The van der Waals surface area contributed by atoms with Crippen molar-refractivity contribution < 1.29 is 19.1 Å². The van der Waals surface area contributed by atoms with Gasteiger partial charge in [-0.3, -0.25) is 9.59 Å². The Balaban J connectivity index is 2.03. The maximum absolute atomic E-state index is 12.1. The molecule has 2 N–H and O–H groups in total. The average molecular weight is 339 g/mol. The van der Waals surface area contributed by atoms with Gasteiger partial charge >= 0.3 is 5.97 Å². The summed E-state index contributed by atoms with van der Waals surface area (Å²) in [6, 6.07) is 8.46. The number of esters is 1. The summed E-state index contributed by atoms with van der Waals surface area (Å²) in [5.74, 6) is -1.45. The molecule has 0 saturated carbocycles. The van der Waals surface area contributed by atoms with Crippen LogP contribution in [-0.4, -0.2) is 29.3 Å². The fraction of sp³-hybridized carbons (Fsp3) is 0.222. The molecule has 1 aromatic carbocycles. The number of rotatable bonds is 5. The number of carbonyl (C=O) groups is 3. The van der Waals surface area contributed by atoms with E-state index < -0.39 is 18.5 Å². The lowest BCUT2D eigenvalue weighted by molar-refractivity contribution is -0.119. The van der Waals surface area contributed by atoms with Crippen molar-refractivity contribution in [3.8, 4) is 6.07 Å². The van der Waals surface area contributed by atoms with Crippen molar-refractivity contribution in [1.29, 1.82) is 5.26 Å². The van der Waals surface area contributed by atoms with Crippen LogP contribution in [0, 0.1) is 25.2 Å². The normalized spacial score (nSPS) is 10.0. The van der Waals surface area contributed by atoms with Crippen LogP contribution in [0.15, 0.2) is 24.3 Å². The highest BCUT2D eigenvalue weighted by Gasteiger charge is 2.21. The van der Waals surface area contributed by atoms with E-state index in [1.54, 1.807) is 38.1 Å². The summed E-state index contributed by atoms with van der Waals surface area (Å²) in [5, 5.41) is 11.5. The minimum absolute atomic E-state index is 0.146. The Hall–Kier alpha value is -3.40. The number of H-pyrrole nitrogens is 1. The maximum Gasteiger partial charge on any atom is 0.355 e. The second-order valence-corrected chi connectivity index (χ2v) is 5.46. The molecule has 0 aliphatic rings. The third-order valence-electron chi connectivity index (χ3n) is 3.65. The summed E-state index contributed by atoms with van der Waals surface area (Å²) in [6.07, 6.45) is 0. The summed E-state index contributed by atoms with van der Waals surface area (Å²) in [6.45, 7) is 4.23. The van der Waals surface area contributed by atoms with Crippen LogP contribution in [0.5, 0.6) is 0 Å². The Morgan fingerprint density at radius 1 is 1.24 bits per heavy atom. The van der Waals surface area contributed by atoms with Crippen LogP contribution in [0.3, 0.4) is 0 Å². The van der Waals surface area contributed by atoms with Gasteiger partial charge in [-0.05, 0) is 38.5 Å². The van der Waals surface area contributed by atoms with Crippen LogP contribution >= 0.6 is 0 Å². The van der Waals surface area contributed by atoms with Crippen LogP contribution in [-0.2, 0) is 9.53 Å². The minimum atomic E-state index is -0.725. The zero-order valence-corrected chi connectivity index (χ0v) is 14.1. The lowest BCUT2D eigenvalue weighted by Crippen LogP contribution is -2.21. The van der Waals surface area contributed by atoms with E-state index in [0.29, 0.717) is 28.1 Å². The van der Waals surface area contributed by atoms with Crippen molar-refractivity contribution in [2.45, 2.75) is 20.8 Å². The van der Waals surface area contributed by atoms with E-state index in [-0.39, 0.29) is 11.5 Å². The molecule has 1 heterocycles. The number of nitrogens with one attached hydrogen (secondary N) is 2. The average Bonchev–Trinajstić information content (AvgIpc) is 2.87. The van der Waals surface area contributed by atoms with Gasteiger partial charge in [-0.15, -0.1) is 0 Å². The Morgan fingerprint density at radius 2 is 1.92 bits per heavy atom. The molecule has 25 heavy (non-hydrogen) atoms. The van der Waals surface area contributed by atoms with E-state index in [9.17, 15) is 14.4 Å². The predicted octanol–water partition coefficient (Wildman–Crippen LogP) is 2.50. The molecule has 2 aromatic rings. The number of para-hydroxylation sites is 1. The van der Waals surface area contributed by atoms with Crippen LogP contribution in [0.25, 0.3) is 0 Å². The minimum Gasteiger partial charge on any atom is -0.451 e. The molecule has 0 bridgehead atoms. The Labute approximate surface area is 144 Å². The number of hydrogen-bond donors (Lipinski definition) is 2. The number of nitriles is 1. The van der Waals surface area contributed by atoms with E-state index in [1.807, 2.05) is 6.07 Å². The molecule has 0 aliphatic heterocycles. The lowest BCUT2D eigenvalue weighted by atomic mass is 10.1. The van der Waals surface area contributed by atoms with Crippen LogP contribution in [0.1, 0.15) is 44.6 Å². The monoisotopic (exact) mass is 339 g/mol. The molecule has 7 heteroatoms. The smallest absolute Gasteiger partial charge is 0.355 e. The fourth-order valence-corrected chi connectivity index (χ4v) is 2.56. The van der Waals surface area contributed by atoms with Crippen molar-refractivity contribution in [3.63, 3.8) is 0 Å². The fourth-order valence-electron chi connectivity index (χ4n) is 2.56. The molecule has 7 nitrogen and oxygen atoms in total. The topological polar surface area (TPSA) is 112 Å². The van der Waals surface area contributed by atoms with E-state index in [2.05, 4.69) is 10.3 Å². The number of ether oxygens (including phenoxy) is 1. The molecule has 0 aliphatic carbocycles. The number of nitrogens with zero attached hydrogens (tertiary/aromatic N) is 1. The Kier molecular flexibility index (Phi) is 5.35. The van der Waals surface area contributed by atoms with Gasteiger partial charge in [-0.25, -0.2) is 4.79 Å². The first-order valence-electron chi connectivity index (χ1n) is 7.51. The highest BCUT2D eigenvalue weighted by atomic mass is 16.5. The Morgan fingerprint density at radius 3 is 2.52 bits per heavy atom. The number of carbonyl (C=O) groups excluding carboxylic acids is 3. The predicted molar refractivity (Wildman–Crippen MR) is 90.3 cm³/mol. The number of ketones is 1. The maximum atomic E-state index is 12.1. The van der Waals surface area contributed by atoms with Crippen molar-refractivity contribution in [1.82, 2.24) is 4.98 Å². The molecule has 0 fully saturated rings. The molecule has 0 saturated heterocycles. The Bertz CT molecular complexity index is 890. The number of amides is 1. The SMILES string of the molecule is CC(=O)c1c(C)[nH]c(C(=O)OCC(=O)Nc2ccccc2C#N)c1C. The third-order valence-corrected chi connectivity index (χ3v) is 3.65. The van der Waals surface area contributed by atoms with E-state index in [4.69, 9.17) is 10.00 Å². The molecule has 2 rings (SSSR count). The number of aromatic amines is 1. The molecule has 1 amide bonds. The first kappa shape index (κ1) is 17.9. The summed E-state index contributed by atoms with van der Waals surface area (Å²) >= 11 is 0. The lowest BCUT2D eigenvalue weighted by Gasteiger charge is -2.07. The summed E-state index contributed by atoms with van der Waals surface area (Å²) < 4.78 is 4.99. The van der Waals surface area contributed by atoms with Crippen LogP contribution < -0.4 is 5.32 Å². The van der Waals surface area contributed by atoms with Gasteiger partial charge < -0.3 is 15.0 Å². The van der Waals surface area contributed by atoms with Gasteiger partial charge in [0.1, 0.15) is 11.8 Å². The second kappa shape index (κ2) is 7.45. The van der Waals surface area contributed by atoms with Gasteiger partial charge in [0.2, 0.25) is 0 Å². The number of benzene rings is 1. The zero-order valence-electron chi connectivity index (χ0n) is 14.1. The van der Waals surface area contributed by atoms with Crippen molar-refractivity contribution in [2.24, 2.45) is 0 Å². The molecule has 1 aromatic heterocycles. The summed E-state index contributed by atoms with van der Waals surface area (Å²) in [4.78, 5) is 38.5. The molecule has 0 unspecified atom stereocenters. The molecule has 0 atom stereocenters. The van der Waals surface area contributed by atoms with E-state index in [0.717, 1.165) is 0 Å². The summed E-state index contributed by atoms with van der Waals surface area (Å²) in [7, 11) is 0. The van der Waals surface area contributed by atoms with Gasteiger partial charge in [0.15, 0.2) is 12.4 Å².